The highest BCUT2D eigenvalue weighted by molar-refractivity contribution is 7.99. The van der Waals surface area contributed by atoms with Crippen molar-refractivity contribution in [3.8, 4) is 5.75 Å². The molecule has 0 aromatic heterocycles. The molecule has 0 atom stereocenters. The van der Waals surface area contributed by atoms with Gasteiger partial charge in [0.1, 0.15) is 5.75 Å². The molecular weight excluding hydrogens is 254 g/mol. The molecule has 0 unspecified atom stereocenters. The Kier molecular flexibility index (Phi) is 5.31. The summed E-state index contributed by atoms with van der Waals surface area (Å²) >= 11 is 1.37. The Morgan fingerprint density at radius 3 is 2.78 bits per heavy atom. The number of oxime groups is 1. The summed E-state index contributed by atoms with van der Waals surface area (Å²) in [7, 11) is 1.56. The molecule has 0 spiro atoms. The third-order valence-corrected chi connectivity index (χ3v) is 3.19. The topological polar surface area (TPSA) is 111 Å². The predicted octanol–water partition coefficient (Wildman–Crippen LogP) is 0.508. The van der Waals surface area contributed by atoms with Gasteiger partial charge in [-0.1, -0.05) is 5.16 Å². The van der Waals surface area contributed by atoms with Gasteiger partial charge >= 0.3 is 0 Å². The van der Waals surface area contributed by atoms with Crippen LogP contribution in [0.25, 0.3) is 0 Å². The lowest BCUT2D eigenvalue weighted by molar-refractivity contribution is -0.115. The van der Waals surface area contributed by atoms with Crippen molar-refractivity contribution in [2.45, 2.75) is 5.75 Å². The third kappa shape index (κ3) is 3.85. The second-order valence-corrected chi connectivity index (χ2v) is 4.46. The fourth-order valence-corrected chi connectivity index (χ4v) is 2.12. The SMILES string of the molecule is COc1ccc(/C(N)=N/O)cc1CSCC(N)=O. The Balaban J connectivity index is 2.88. The maximum Gasteiger partial charge on any atom is 0.227 e. The fraction of sp³-hybridized carbons (Fsp3) is 0.273. The summed E-state index contributed by atoms with van der Waals surface area (Å²) in [4.78, 5) is 10.7. The average molecular weight is 269 g/mol. The smallest absolute Gasteiger partial charge is 0.227 e. The molecule has 1 aromatic carbocycles. The minimum Gasteiger partial charge on any atom is -0.496 e. The molecule has 1 rings (SSSR count). The van der Waals surface area contributed by atoms with Crippen LogP contribution in [0.4, 0.5) is 0 Å². The number of methoxy groups -OCH3 is 1. The summed E-state index contributed by atoms with van der Waals surface area (Å²) in [5.74, 6) is 1.13. The van der Waals surface area contributed by atoms with Crippen LogP contribution in [-0.4, -0.2) is 29.8 Å². The molecule has 1 aromatic rings. The van der Waals surface area contributed by atoms with E-state index in [4.69, 9.17) is 21.4 Å². The molecule has 0 aliphatic heterocycles. The Morgan fingerprint density at radius 2 is 2.22 bits per heavy atom. The molecule has 0 heterocycles. The molecule has 6 nitrogen and oxygen atoms in total. The number of amidine groups is 1. The first-order chi connectivity index (χ1) is 8.58. The van der Waals surface area contributed by atoms with E-state index in [2.05, 4.69) is 5.16 Å². The van der Waals surface area contributed by atoms with Crippen LogP contribution >= 0.6 is 11.8 Å². The Bertz CT molecular complexity index is 463. The van der Waals surface area contributed by atoms with Gasteiger partial charge in [-0.25, -0.2) is 0 Å². The number of carbonyl (C=O) groups is 1. The molecule has 0 radical (unpaired) electrons. The highest BCUT2D eigenvalue weighted by Crippen LogP contribution is 2.24. The minimum absolute atomic E-state index is 0.0267. The van der Waals surface area contributed by atoms with Crippen molar-refractivity contribution in [3.05, 3.63) is 29.3 Å². The molecule has 0 aliphatic rings. The van der Waals surface area contributed by atoms with Crippen LogP contribution in [0, 0.1) is 0 Å². The first-order valence-corrected chi connectivity index (χ1v) is 6.24. The van der Waals surface area contributed by atoms with Gasteiger partial charge in [0.25, 0.3) is 0 Å². The number of ether oxygens (including phenoxy) is 1. The summed E-state index contributed by atoms with van der Waals surface area (Å²) in [6.07, 6.45) is 0. The quantitative estimate of drug-likeness (QED) is 0.301. The van der Waals surface area contributed by atoms with E-state index >= 15 is 0 Å². The molecule has 0 aliphatic carbocycles. The Hall–Kier alpha value is -1.89. The average Bonchev–Trinajstić information content (AvgIpc) is 2.37. The summed E-state index contributed by atoms with van der Waals surface area (Å²) in [6.45, 7) is 0. The molecule has 0 bridgehead atoms. The number of benzene rings is 1. The lowest BCUT2D eigenvalue weighted by Gasteiger charge is -2.09. The van der Waals surface area contributed by atoms with Gasteiger partial charge < -0.3 is 21.4 Å². The Morgan fingerprint density at radius 1 is 1.50 bits per heavy atom. The fourth-order valence-electron chi connectivity index (χ4n) is 1.37. The molecule has 1 amide bonds. The van der Waals surface area contributed by atoms with Crippen LogP contribution in [0.1, 0.15) is 11.1 Å². The monoisotopic (exact) mass is 269 g/mol. The zero-order chi connectivity index (χ0) is 13.5. The molecule has 0 fully saturated rings. The number of rotatable bonds is 6. The van der Waals surface area contributed by atoms with E-state index in [0.29, 0.717) is 17.1 Å². The van der Waals surface area contributed by atoms with Crippen LogP contribution in [0.2, 0.25) is 0 Å². The van der Waals surface area contributed by atoms with E-state index in [1.807, 2.05) is 0 Å². The standard InChI is InChI=1S/C11H15N3O3S/c1-17-9-3-2-7(11(13)14-16)4-8(9)5-18-6-10(12)15/h2-4,16H,5-6H2,1H3,(H2,12,15)(H2,13,14). The van der Waals surface area contributed by atoms with E-state index in [1.54, 1.807) is 25.3 Å². The number of nitrogens with zero attached hydrogens (tertiary/aromatic N) is 1. The molecule has 98 valence electrons. The van der Waals surface area contributed by atoms with Crippen molar-refractivity contribution in [2.75, 3.05) is 12.9 Å². The number of primary amides is 1. The zero-order valence-corrected chi connectivity index (χ0v) is 10.7. The number of nitrogens with two attached hydrogens (primary N) is 2. The Labute approximate surface area is 109 Å². The van der Waals surface area contributed by atoms with Gasteiger partial charge in [-0.05, 0) is 18.2 Å². The molecule has 0 saturated carbocycles. The van der Waals surface area contributed by atoms with Crippen LogP contribution in [0.3, 0.4) is 0 Å². The maximum atomic E-state index is 10.7. The lowest BCUT2D eigenvalue weighted by Crippen LogP contribution is -2.14. The minimum atomic E-state index is -0.369. The van der Waals surface area contributed by atoms with Crippen LogP contribution in [-0.2, 0) is 10.5 Å². The van der Waals surface area contributed by atoms with Gasteiger partial charge in [0.15, 0.2) is 5.84 Å². The van der Waals surface area contributed by atoms with Gasteiger partial charge in [-0.3, -0.25) is 4.79 Å². The van der Waals surface area contributed by atoms with Crippen molar-refractivity contribution in [1.29, 1.82) is 0 Å². The number of thioether (sulfide) groups is 1. The van der Waals surface area contributed by atoms with Crippen LogP contribution in [0.5, 0.6) is 5.75 Å². The molecule has 18 heavy (non-hydrogen) atoms. The van der Waals surface area contributed by atoms with Crippen molar-refractivity contribution in [3.63, 3.8) is 0 Å². The van der Waals surface area contributed by atoms with Gasteiger partial charge in [0.05, 0.1) is 12.9 Å². The second-order valence-electron chi connectivity index (χ2n) is 3.47. The van der Waals surface area contributed by atoms with E-state index in [9.17, 15) is 4.79 Å². The van der Waals surface area contributed by atoms with Gasteiger partial charge in [0, 0.05) is 16.9 Å². The molecule has 0 saturated heterocycles. The first-order valence-electron chi connectivity index (χ1n) is 5.09. The lowest BCUT2D eigenvalue weighted by atomic mass is 10.1. The zero-order valence-electron chi connectivity index (χ0n) is 9.92. The van der Waals surface area contributed by atoms with Crippen molar-refractivity contribution < 1.29 is 14.7 Å². The number of amides is 1. The van der Waals surface area contributed by atoms with Gasteiger partial charge in [-0.2, -0.15) is 0 Å². The van der Waals surface area contributed by atoms with Gasteiger partial charge in [-0.15, -0.1) is 11.8 Å². The maximum absolute atomic E-state index is 10.7. The number of carbonyl (C=O) groups excluding carboxylic acids is 1. The number of hydrogen-bond acceptors (Lipinski definition) is 5. The second kappa shape index (κ2) is 6.75. The van der Waals surface area contributed by atoms with Crippen molar-refractivity contribution in [1.82, 2.24) is 0 Å². The largest absolute Gasteiger partial charge is 0.496 e. The van der Waals surface area contributed by atoms with Crippen molar-refractivity contribution >= 4 is 23.5 Å². The highest BCUT2D eigenvalue weighted by Gasteiger charge is 2.08. The first kappa shape index (κ1) is 14.2. The summed E-state index contributed by atoms with van der Waals surface area (Å²) in [5, 5.41) is 11.6. The normalized spacial score (nSPS) is 11.3. The summed E-state index contributed by atoms with van der Waals surface area (Å²) in [5.41, 5.74) is 12.0. The summed E-state index contributed by atoms with van der Waals surface area (Å²) in [6, 6.07) is 5.17. The van der Waals surface area contributed by atoms with E-state index in [-0.39, 0.29) is 17.5 Å². The van der Waals surface area contributed by atoms with Gasteiger partial charge in [0.2, 0.25) is 5.91 Å². The number of hydrogen-bond donors (Lipinski definition) is 3. The molecular formula is C11H15N3O3S. The molecule has 5 N–H and O–H groups in total. The molecule has 7 heteroatoms. The highest BCUT2D eigenvalue weighted by atomic mass is 32.2. The van der Waals surface area contributed by atoms with Crippen LogP contribution in [0.15, 0.2) is 23.4 Å². The predicted molar refractivity (Wildman–Crippen MR) is 70.9 cm³/mol. The third-order valence-electron chi connectivity index (χ3n) is 2.19. The van der Waals surface area contributed by atoms with Crippen molar-refractivity contribution in [2.24, 2.45) is 16.6 Å². The van der Waals surface area contributed by atoms with E-state index in [0.717, 1.165) is 5.56 Å². The summed E-state index contributed by atoms with van der Waals surface area (Å²) < 4.78 is 5.20. The van der Waals surface area contributed by atoms with E-state index in [1.165, 1.54) is 11.8 Å². The van der Waals surface area contributed by atoms with E-state index < -0.39 is 0 Å². The van der Waals surface area contributed by atoms with Crippen LogP contribution < -0.4 is 16.2 Å².